The second-order valence-corrected chi connectivity index (χ2v) is 6.48. The van der Waals surface area contributed by atoms with E-state index in [0.29, 0.717) is 22.8 Å². The molecule has 0 unspecified atom stereocenters. The number of ether oxygens (including phenoxy) is 1. The van der Waals surface area contributed by atoms with Crippen LogP contribution in [0.25, 0.3) is 0 Å². The molecule has 30 heavy (non-hydrogen) atoms. The number of rotatable bonds is 5. The highest BCUT2D eigenvalue weighted by molar-refractivity contribution is 6.06. The summed E-state index contributed by atoms with van der Waals surface area (Å²) in [5, 5.41) is 19.8. The van der Waals surface area contributed by atoms with Gasteiger partial charge in [0.25, 0.3) is 17.5 Å². The minimum absolute atomic E-state index is 0.0638. The highest BCUT2D eigenvalue weighted by Crippen LogP contribution is 2.32. The highest BCUT2D eigenvalue weighted by Gasteiger charge is 2.19. The third-order valence-corrected chi connectivity index (χ3v) is 4.38. The molecule has 3 aromatic carbocycles. The van der Waals surface area contributed by atoms with Crippen LogP contribution in [0.1, 0.15) is 10.4 Å². The first kappa shape index (κ1) is 18.9. The van der Waals surface area contributed by atoms with Crippen LogP contribution >= 0.6 is 0 Å². The first-order chi connectivity index (χ1) is 14.5. The Morgan fingerprint density at radius 2 is 1.83 bits per heavy atom. The summed E-state index contributed by atoms with van der Waals surface area (Å²) in [5.41, 5.74) is 1.72. The van der Waals surface area contributed by atoms with Crippen molar-refractivity contribution in [1.82, 2.24) is 0 Å². The molecule has 0 aliphatic carbocycles. The Kier molecular flexibility index (Phi) is 5.00. The lowest BCUT2D eigenvalue weighted by atomic mass is 10.1. The Balaban J connectivity index is 1.55. The molecule has 150 valence electrons. The molecule has 2 amide bonds. The molecular weight excluding hydrogens is 388 g/mol. The Bertz CT molecular complexity index is 1150. The fraction of sp³-hybridized carbons (Fsp3) is 0.0476. The average Bonchev–Trinajstić information content (AvgIpc) is 2.74. The summed E-state index contributed by atoms with van der Waals surface area (Å²) in [7, 11) is 0. The Labute approximate surface area is 170 Å². The van der Waals surface area contributed by atoms with E-state index in [0.717, 1.165) is 0 Å². The van der Waals surface area contributed by atoms with Gasteiger partial charge in [0.05, 0.1) is 10.6 Å². The molecule has 9 nitrogen and oxygen atoms in total. The topological polar surface area (TPSA) is 123 Å². The van der Waals surface area contributed by atoms with Crippen LogP contribution in [0, 0.1) is 10.1 Å². The van der Waals surface area contributed by atoms with Gasteiger partial charge in [-0.2, -0.15) is 0 Å². The first-order valence-electron chi connectivity index (χ1n) is 8.98. The van der Waals surface area contributed by atoms with E-state index in [2.05, 4.69) is 16.0 Å². The Morgan fingerprint density at radius 1 is 1.03 bits per heavy atom. The quantitative estimate of drug-likeness (QED) is 0.438. The van der Waals surface area contributed by atoms with Crippen LogP contribution in [0.2, 0.25) is 0 Å². The molecule has 3 N–H and O–H groups in total. The zero-order valence-electron chi connectivity index (χ0n) is 15.5. The maximum atomic E-state index is 12.6. The average molecular weight is 404 g/mol. The van der Waals surface area contributed by atoms with Crippen molar-refractivity contribution in [2.24, 2.45) is 0 Å². The van der Waals surface area contributed by atoms with Gasteiger partial charge in [0.15, 0.2) is 6.61 Å². The van der Waals surface area contributed by atoms with Gasteiger partial charge in [-0.15, -0.1) is 0 Å². The van der Waals surface area contributed by atoms with Crippen molar-refractivity contribution in [2.75, 3.05) is 22.6 Å². The molecule has 0 saturated carbocycles. The van der Waals surface area contributed by atoms with E-state index in [1.165, 1.54) is 18.2 Å². The molecule has 0 spiro atoms. The number of nitrogens with zero attached hydrogens (tertiary/aromatic N) is 1. The molecule has 0 atom stereocenters. The first-order valence-corrected chi connectivity index (χ1v) is 8.98. The third-order valence-electron chi connectivity index (χ3n) is 4.38. The third kappa shape index (κ3) is 4.04. The summed E-state index contributed by atoms with van der Waals surface area (Å²) in [6, 6.07) is 18.0. The molecule has 0 radical (unpaired) electrons. The number of nitrogens with one attached hydrogen (secondary N) is 3. The zero-order chi connectivity index (χ0) is 21.1. The van der Waals surface area contributed by atoms with Gasteiger partial charge in [-0.05, 0) is 42.5 Å². The van der Waals surface area contributed by atoms with E-state index < -0.39 is 10.8 Å². The number of para-hydroxylation sites is 1. The van der Waals surface area contributed by atoms with Crippen molar-refractivity contribution >= 4 is 40.3 Å². The molecular formula is C21H16N4O5. The zero-order valence-corrected chi connectivity index (χ0v) is 15.5. The number of carbonyl (C=O) groups is 2. The second-order valence-electron chi connectivity index (χ2n) is 6.48. The predicted molar refractivity (Wildman–Crippen MR) is 111 cm³/mol. The fourth-order valence-electron chi connectivity index (χ4n) is 2.97. The van der Waals surface area contributed by atoms with E-state index >= 15 is 0 Å². The van der Waals surface area contributed by atoms with Gasteiger partial charge in [0.2, 0.25) is 0 Å². The molecule has 9 heteroatoms. The predicted octanol–water partition coefficient (Wildman–Crippen LogP) is 3.92. The molecule has 1 aliphatic heterocycles. The van der Waals surface area contributed by atoms with Gasteiger partial charge in [-0.25, -0.2) is 0 Å². The highest BCUT2D eigenvalue weighted by atomic mass is 16.6. The summed E-state index contributed by atoms with van der Waals surface area (Å²) < 4.78 is 5.28. The maximum Gasteiger partial charge on any atom is 0.293 e. The number of benzene rings is 3. The fourth-order valence-corrected chi connectivity index (χ4v) is 2.97. The number of hydrogen-bond donors (Lipinski definition) is 3. The molecule has 0 saturated heterocycles. The number of fused-ring (bicyclic) bond motifs is 1. The van der Waals surface area contributed by atoms with Crippen molar-refractivity contribution < 1.29 is 19.2 Å². The van der Waals surface area contributed by atoms with Crippen LogP contribution in [0.3, 0.4) is 0 Å². The summed E-state index contributed by atoms with van der Waals surface area (Å²) in [5.74, 6) is -0.310. The minimum atomic E-state index is -0.548. The summed E-state index contributed by atoms with van der Waals surface area (Å²) in [6.45, 7) is -0.0638. The van der Waals surface area contributed by atoms with Crippen molar-refractivity contribution in [1.29, 1.82) is 0 Å². The lowest BCUT2D eigenvalue weighted by molar-refractivity contribution is -0.383. The number of anilines is 4. The Hall–Kier alpha value is -4.40. The monoisotopic (exact) mass is 404 g/mol. The number of amides is 2. The van der Waals surface area contributed by atoms with Gasteiger partial charge in [0.1, 0.15) is 11.4 Å². The van der Waals surface area contributed by atoms with Crippen molar-refractivity contribution in [2.45, 2.75) is 0 Å². The van der Waals surface area contributed by atoms with E-state index in [9.17, 15) is 19.7 Å². The van der Waals surface area contributed by atoms with E-state index in [1.807, 2.05) is 18.2 Å². The molecule has 0 bridgehead atoms. The summed E-state index contributed by atoms with van der Waals surface area (Å²) in [6.07, 6.45) is 0. The van der Waals surface area contributed by atoms with Crippen LogP contribution in [0.5, 0.6) is 5.75 Å². The van der Waals surface area contributed by atoms with Crippen LogP contribution in [0.4, 0.5) is 28.4 Å². The van der Waals surface area contributed by atoms with Crippen molar-refractivity contribution in [3.63, 3.8) is 0 Å². The second kappa shape index (κ2) is 7.92. The van der Waals surface area contributed by atoms with E-state index in [1.54, 1.807) is 30.3 Å². The van der Waals surface area contributed by atoms with Gasteiger partial charge in [-0.3, -0.25) is 19.7 Å². The minimum Gasteiger partial charge on any atom is -0.482 e. The van der Waals surface area contributed by atoms with Crippen LogP contribution in [-0.4, -0.2) is 23.3 Å². The van der Waals surface area contributed by atoms with Crippen LogP contribution in [-0.2, 0) is 4.79 Å². The van der Waals surface area contributed by atoms with Crippen molar-refractivity contribution in [3.05, 3.63) is 82.4 Å². The smallest absolute Gasteiger partial charge is 0.293 e. The number of hydrogen-bond acceptors (Lipinski definition) is 6. The summed E-state index contributed by atoms with van der Waals surface area (Å²) >= 11 is 0. The van der Waals surface area contributed by atoms with E-state index in [-0.39, 0.29) is 29.5 Å². The summed E-state index contributed by atoms with van der Waals surface area (Å²) in [4.78, 5) is 35.0. The number of nitro groups is 1. The van der Waals surface area contributed by atoms with Crippen LogP contribution < -0.4 is 20.7 Å². The Morgan fingerprint density at radius 3 is 2.60 bits per heavy atom. The van der Waals surface area contributed by atoms with Gasteiger partial charge < -0.3 is 20.7 Å². The molecule has 3 aromatic rings. The standard InChI is InChI=1S/C21H16N4O5/c26-20-12-30-19-9-7-15(11-17(19)24-20)23-21(27)13-6-8-16(18(10-13)25(28)29)22-14-4-2-1-3-5-14/h1-11,22H,12H2,(H,23,27)(H,24,26). The lowest BCUT2D eigenvalue weighted by Crippen LogP contribution is -2.25. The normalized spacial score (nSPS) is 12.2. The molecule has 1 aliphatic rings. The van der Waals surface area contributed by atoms with Crippen molar-refractivity contribution in [3.8, 4) is 5.75 Å². The van der Waals surface area contributed by atoms with Crippen LogP contribution in [0.15, 0.2) is 66.7 Å². The number of carbonyl (C=O) groups excluding carboxylic acids is 2. The molecule has 4 rings (SSSR count). The lowest BCUT2D eigenvalue weighted by Gasteiger charge is -2.18. The largest absolute Gasteiger partial charge is 0.482 e. The van der Waals surface area contributed by atoms with Gasteiger partial charge in [0, 0.05) is 23.0 Å². The number of nitro benzene ring substituents is 1. The molecule has 1 heterocycles. The van der Waals surface area contributed by atoms with Gasteiger partial charge in [-0.1, -0.05) is 18.2 Å². The maximum absolute atomic E-state index is 12.6. The molecule has 0 aromatic heterocycles. The van der Waals surface area contributed by atoms with E-state index in [4.69, 9.17) is 4.74 Å². The SMILES string of the molecule is O=C1COc2ccc(NC(=O)c3ccc(Nc4ccccc4)c([N+](=O)[O-])c3)cc2N1. The molecule has 0 fully saturated rings. The van der Waals surface area contributed by atoms with Gasteiger partial charge >= 0.3 is 0 Å².